The van der Waals surface area contributed by atoms with Gasteiger partial charge in [-0.2, -0.15) is 0 Å². The molecule has 0 spiro atoms. The number of piperazine rings is 1. The second-order valence-electron chi connectivity index (χ2n) is 4.85. The summed E-state index contributed by atoms with van der Waals surface area (Å²) in [5, 5.41) is 3.43. The van der Waals surface area contributed by atoms with Crippen molar-refractivity contribution in [2.24, 2.45) is 5.73 Å². The number of nitrogens with zero attached hydrogens (tertiary/aromatic N) is 3. The van der Waals surface area contributed by atoms with E-state index in [1.165, 1.54) is 0 Å². The minimum atomic E-state index is -0.220. The molecule has 7 heteroatoms. The molecule has 1 aromatic heterocycles. The van der Waals surface area contributed by atoms with E-state index in [0.717, 1.165) is 31.3 Å². The average molecular weight is 305 g/mol. The Morgan fingerprint density at radius 2 is 2.06 bits per heavy atom. The van der Waals surface area contributed by atoms with E-state index in [1.807, 2.05) is 5.38 Å². The summed E-state index contributed by atoms with van der Waals surface area (Å²) in [6.45, 7) is 7.87. The molecule has 18 heavy (non-hydrogen) atoms. The number of thiocarbonyl (C=S) groups is 1. The van der Waals surface area contributed by atoms with Crippen LogP contribution in [-0.4, -0.2) is 46.6 Å². The summed E-state index contributed by atoms with van der Waals surface area (Å²) in [5.74, 6) is 0. The molecule has 0 saturated carbocycles. The SMILES string of the molecule is CC(C)(C(N)=S)N1CCN(c2nc(Cl)cs2)CC1. The highest BCUT2D eigenvalue weighted by Gasteiger charge is 2.32. The molecule has 0 amide bonds. The molecule has 2 heterocycles. The van der Waals surface area contributed by atoms with Crippen molar-refractivity contribution in [3.05, 3.63) is 10.5 Å². The molecule has 0 aliphatic carbocycles. The summed E-state index contributed by atoms with van der Waals surface area (Å²) in [5.41, 5.74) is 5.58. The van der Waals surface area contributed by atoms with Gasteiger partial charge in [0.2, 0.25) is 0 Å². The van der Waals surface area contributed by atoms with Crippen molar-refractivity contribution >= 4 is 45.3 Å². The van der Waals surface area contributed by atoms with Gasteiger partial charge in [-0.15, -0.1) is 11.3 Å². The fraction of sp³-hybridized carbons (Fsp3) is 0.636. The van der Waals surface area contributed by atoms with Crippen LogP contribution in [0.3, 0.4) is 0 Å². The van der Waals surface area contributed by atoms with Crippen LogP contribution in [0.1, 0.15) is 13.8 Å². The Labute approximate surface area is 122 Å². The standard InChI is InChI=1S/C11H17ClN4S2/c1-11(2,9(13)17)16-5-3-15(4-6-16)10-14-8(12)7-18-10/h7H,3-6H2,1-2H3,(H2,13,17). The van der Waals surface area contributed by atoms with Crippen LogP contribution in [0.2, 0.25) is 5.15 Å². The quantitative estimate of drug-likeness (QED) is 0.865. The summed E-state index contributed by atoms with van der Waals surface area (Å²) in [4.78, 5) is 9.42. The number of anilines is 1. The molecule has 1 aromatic rings. The molecule has 2 rings (SSSR count). The molecule has 1 aliphatic heterocycles. The first-order valence-electron chi connectivity index (χ1n) is 5.82. The third kappa shape index (κ3) is 2.77. The number of nitrogens with two attached hydrogens (primary N) is 1. The Balaban J connectivity index is 1.98. The fourth-order valence-corrected chi connectivity index (χ4v) is 3.13. The van der Waals surface area contributed by atoms with Crippen LogP contribution in [0.4, 0.5) is 5.13 Å². The van der Waals surface area contributed by atoms with E-state index in [4.69, 9.17) is 29.6 Å². The van der Waals surface area contributed by atoms with Crippen LogP contribution in [0.25, 0.3) is 0 Å². The van der Waals surface area contributed by atoms with Crippen LogP contribution >= 0.6 is 35.2 Å². The Kier molecular flexibility index (Phi) is 4.11. The number of thiazole rings is 1. The van der Waals surface area contributed by atoms with Crippen molar-refractivity contribution in [2.75, 3.05) is 31.1 Å². The maximum atomic E-state index is 5.85. The summed E-state index contributed by atoms with van der Waals surface area (Å²) in [7, 11) is 0. The monoisotopic (exact) mass is 304 g/mol. The Morgan fingerprint density at radius 1 is 1.44 bits per heavy atom. The third-order valence-electron chi connectivity index (χ3n) is 3.41. The van der Waals surface area contributed by atoms with E-state index in [1.54, 1.807) is 11.3 Å². The molecule has 4 nitrogen and oxygen atoms in total. The van der Waals surface area contributed by atoms with Gasteiger partial charge in [0.1, 0.15) is 5.15 Å². The van der Waals surface area contributed by atoms with Crippen molar-refractivity contribution < 1.29 is 0 Å². The molecule has 0 radical (unpaired) electrons. The van der Waals surface area contributed by atoms with Crippen LogP contribution in [-0.2, 0) is 0 Å². The Hall–Kier alpha value is -0.430. The second kappa shape index (κ2) is 5.28. The van der Waals surface area contributed by atoms with Crippen molar-refractivity contribution in [3.63, 3.8) is 0 Å². The number of aromatic nitrogens is 1. The van der Waals surface area contributed by atoms with Gasteiger partial charge in [-0.1, -0.05) is 23.8 Å². The maximum Gasteiger partial charge on any atom is 0.186 e. The third-order valence-corrected chi connectivity index (χ3v) is 5.13. The normalized spacial score (nSPS) is 18.1. The molecular weight excluding hydrogens is 288 g/mol. The van der Waals surface area contributed by atoms with Gasteiger partial charge < -0.3 is 10.6 Å². The predicted octanol–water partition coefficient (Wildman–Crippen LogP) is 1.98. The van der Waals surface area contributed by atoms with Gasteiger partial charge in [-0.3, -0.25) is 4.90 Å². The van der Waals surface area contributed by atoms with Gasteiger partial charge in [-0.25, -0.2) is 4.98 Å². The molecule has 2 N–H and O–H groups in total. The lowest BCUT2D eigenvalue weighted by molar-refractivity contribution is 0.168. The summed E-state index contributed by atoms with van der Waals surface area (Å²) in [6.07, 6.45) is 0. The van der Waals surface area contributed by atoms with Gasteiger partial charge in [0.05, 0.1) is 10.5 Å². The smallest absolute Gasteiger partial charge is 0.186 e. The maximum absolute atomic E-state index is 5.85. The van der Waals surface area contributed by atoms with E-state index >= 15 is 0 Å². The lowest BCUT2D eigenvalue weighted by Gasteiger charge is -2.43. The number of hydrogen-bond donors (Lipinski definition) is 1. The Morgan fingerprint density at radius 3 is 2.50 bits per heavy atom. The fourth-order valence-electron chi connectivity index (χ4n) is 2.00. The summed E-state index contributed by atoms with van der Waals surface area (Å²) in [6, 6.07) is 0. The molecule has 1 aliphatic rings. The lowest BCUT2D eigenvalue weighted by Crippen LogP contribution is -2.59. The van der Waals surface area contributed by atoms with Crippen LogP contribution in [0, 0.1) is 0 Å². The zero-order chi connectivity index (χ0) is 13.3. The minimum absolute atomic E-state index is 0.220. The van der Waals surface area contributed by atoms with Crippen LogP contribution < -0.4 is 10.6 Å². The number of hydrogen-bond acceptors (Lipinski definition) is 5. The largest absolute Gasteiger partial charge is 0.392 e. The van der Waals surface area contributed by atoms with Gasteiger partial charge in [-0.05, 0) is 13.8 Å². The average Bonchev–Trinajstić information content (AvgIpc) is 2.76. The first kappa shape index (κ1) is 14.0. The van der Waals surface area contributed by atoms with Gasteiger partial charge in [0, 0.05) is 31.6 Å². The first-order chi connectivity index (χ1) is 8.41. The van der Waals surface area contributed by atoms with E-state index in [9.17, 15) is 0 Å². The van der Waals surface area contributed by atoms with Crippen LogP contribution in [0.15, 0.2) is 5.38 Å². The highest BCUT2D eigenvalue weighted by atomic mass is 35.5. The molecule has 0 unspecified atom stereocenters. The predicted molar refractivity (Wildman–Crippen MR) is 81.8 cm³/mol. The van der Waals surface area contributed by atoms with E-state index in [-0.39, 0.29) is 5.54 Å². The zero-order valence-corrected chi connectivity index (χ0v) is 12.9. The topological polar surface area (TPSA) is 45.4 Å². The second-order valence-corrected chi connectivity index (χ2v) is 6.51. The van der Waals surface area contributed by atoms with Gasteiger partial charge in [0.15, 0.2) is 5.13 Å². The molecule has 100 valence electrons. The van der Waals surface area contributed by atoms with Gasteiger partial charge >= 0.3 is 0 Å². The van der Waals surface area contributed by atoms with Gasteiger partial charge in [0.25, 0.3) is 0 Å². The van der Waals surface area contributed by atoms with Crippen molar-refractivity contribution in [1.29, 1.82) is 0 Å². The highest BCUT2D eigenvalue weighted by Crippen LogP contribution is 2.26. The minimum Gasteiger partial charge on any atom is -0.392 e. The molecule has 0 bridgehead atoms. The lowest BCUT2D eigenvalue weighted by atomic mass is 10.0. The van der Waals surface area contributed by atoms with E-state index in [2.05, 4.69) is 28.6 Å². The molecule has 1 saturated heterocycles. The molecule has 0 atom stereocenters. The van der Waals surface area contributed by atoms with Crippen molar-refractivity contribution in [3.8, 4) is 0 Å². The molecule has 0 aromatic carbocycles. The molecular formula is C11H17ClN4S2. The van der Waals surface area contributed by atoms with Crippen LogP contribution in [0.5, 0.6) is 0 Å². The van der Waals surface area contributed by atoms with E-state index in [0.29, 0.717) is 10.1 Å². The molecule has 1 fully saturated rings. The number of halogens is 1. The number of rotatable bonds is 3. The first-order valence-corrected chi connectivity index (χ1v) is 7.49. The van der Waals surface area contributed by atoms with E-state index < -0.39 is 0 Å². The summed E-state index contributed by atoms with van der Waals surface area (Å²) >= 11 is 12.6. The van der Waals surface area contributed by atoms with Crippen molar-refractivity contribution in [1.82, 2.24) is 9.88 Å². The zero-order valence-electron chi connectivity index (χ0n) is 10.5. The van der Waals surface area contributed by atoms with Crippen molar-refractivity contribution in [2.45, 2.75) is 19.4 Å². The Bertz CT molecular complexity index is 438. The highest BCUT2D eigenvalue weighted by molar-refractivity contribution is 7.80. The summed E-state index contributed by atoms with van der Waals surface area (Å²) < 4.78 is 0.